The number of aliphatic carboxylic acids is 1. The van der Waals surface area contributed by atoms with Crippen molar-refractivity contribution in [3.05, 3.63) is 23.9 Å². The molecule has 0 radical (unpaired) electrons. The fourth-order valence-electron chi connectivity index (χ4n) is 3.34. The van der Waals surface area contributed by atoms with Gasteiger partial charge in [-0.2, -0.15) is 8.78 Å². The molecule has 1 aliphatic heterocycles. The molecule has 5 nitrogen and oxygen atoms in total. The van der Waals surface area contributed by atoms with Crippen molar-refractivity contribution in [3.8, 4) is 0 Å². The SMILES string of the molecule is O=C(O)C(F)(F)c1cccc(N2C[C@H]3CC(O)C[C@H]3C2)n1. The highest BCUT2D eigenvalue weighted by Gasteiger charge is 2.44. The van der Waals surface area contributed by atoms with E-state index in [1.807, 2.05) is 4.90 Å². The number of carbonyl (C=O) groups is 1. The Kier molecular flexibility index (Phi) is 3.32. The Hall–Kier alpha value is -1.76. The van der Waals surface area contributed by atoms with Crippen LogP contribution in [0.25, 0.3) is 0 Å². The van der Waals surface area contributed by atoms with Gasteiger partial charge in [0, 0.05) is 13.1 Å². The molecule has 1 unspecified atom stereocenters. The van der Waals surface area contributed by atoms with Crippen molar-refractivity contribution in [3.63, 3.8) is 0 Å². The number of fused-ring (bicyclic) bond motifs is 1. The Morgan fingerprint density at radius 2 is 1.90 bits per heavy atom. The number of alkyl halides is 2. The first-order chi connectivity index (χ1) is 9.88. The number of carboxylic acids is 1. The molecule has 21 heavy (non-hydrogen) atoms. The standard InChI is InChI=1S/C14H16F2N2O3/c15-14(16,13(20)21)11-2-1-3-12(17-11)18-6-8-4-10(19)5-9(8)7-18/h1-3,8-10,19H,4-7H2,(H,20,21)/t8-,9+,10?. The van der Waals surface area contributed by atoms with Crippen LogP contribution >= 0.6 is 0 Å². The number of halogens is 2. The lowest BCUT2D eigenvalue weighted by Gasteiger charge is -2.20. The summed E-state index contributed by atoms with van der Waals surface area (Å²) in [4.78, 5) is 16.3. The van der Waals surface area contributed by atoms with Crippen LogP contribution in [0, 0.1) is 11.8 Å². The molecule has 7 heteroatoms. The maximum atomic E-state index is 13.5. The topological polar surface area (TPSA) is 73.7 Å². The van der Waals surface area contributed by atoms with Gasteiger partial charge in [0.15, 0.2) is 0 Å². The third kappa shape index (κ3) is 2.46. The summed E-state index contributed by atoms with van der Waals surface area (Å²) in [5.41, 5.74) is -0.746. The van der Waals surface area contributed by atoms with Crippen LogP contribution in [0.5, 0.6) is 0 Å². The molecule has 1 aliphatic carbocycles. The fourth-order valence-corrected chi connectivity index (χ4v) is 3.34. The molecule has 3 rings (SSSR count). The molecule has 0 amide bonds. The summed E-state index contributed by atoms with van der Waals surface area (Å²) in [5, 5.41) is 18.2. The number of nitrogens with zero attached hydrogens (tertiary/aromatic N) is 2. The average molecular weight is 298 g/mol. The lowest BCUT2D eigenvalue weighted by atomic mass is 10.0. The highest BCUT2D eigenvalue weighted by atomic mass is 19.3. The lowest BCUT2D eigenvalue weighted by Crippen LogP contribution is -2.28. The number of anilines is 1. The molecule has 0 spiro atoms. The van der Waals surface area contributed by atoms with Crippen LogP contribution < -0.4 is 4.90 Å². The number of pyridine rings is 1. The number of carboxylic acid groups (broad SMARTS) is 1. The number of hydrogen-bond acceptors (Lipinski definition) is 4. The van der Waals surface area contributed by atoms with Crippen LogP contribution in [0.4, 0.5) is 14.6 Å². The van der Waals surface area contributed by atoms with Crippen molar-refractivity contribution < 1.29 is 23.8 Å². The van der Waals surface area contributed by atoms with Gasteiger partial charge in [-0.3, -0.25) is 0 Å². The molecule has 114 valence electrons. The fraction of sp³-hybridized carbons (Fsp3) is 0.571. The van der Waals surface area contributed by atoms with Gasteiger partial charge >= 0.3 is 11.9 Å². The molecule has 1 saturated heterocycles. The molecule has 2 aliphatic rings. The van der Waals surface area contributed by atoms with Crippen molar-refractivity contribution in [2.45, 2.75) is 24.9 Å². The monoisotopic (exact) mass is 298 g/mol. The molecule has 0 bridgehead atoms. The molecule has 2 N–H and O–H groups in total. The second-order valence-corrected chi connectivity index (χ2v) is 5.81. The van der Waals surface area contributed by atoms with E-state index < -0.39 is 17.6 Å². The number of aliphatic hydroxyl groups excluding tert-OH is 1. The van der Waals surface area contributed by atoms with Gasteiger partial charge in [-0.15, -0.1) is 0 Å². The van der Waals surface area contributed by atoms with Crippen molar-refractivity contribution in [1.82, 2.24) is 4.98 Å². The molecule has 1 saturated carbocycles. The zero-order valence-electron chi connectivity index (χ0n) is 11.2. The third-order valence-electron chi connectivity index (χ3n) is 4.37. The predicted molar refractivity (Wildman–Crippen MR) is 70.2 cm³/mol. The smallest absolute Gasteiger partial charge is 0.384 e. The van der Waals surface area contributed by atoms with E-state index in [1.54, 1.807) is 6.07 Å². The van der Waals surface area contributed by atoms with E-state index in [-0.39, 0.29) is 6.10 Å². The van der Waals surface area contributed by atoms with Gasteiger partial charge in [-0.25, -0.2) is 9.78 Å². The van der Waals surface area contributed by atoms with Crippen molar-refractivity contribution >= 4 is 11.8 Å². The van der Waals surface area contributed by atoms with E-state index in [0.717, 1.165) is 18.9 Å². The van der Waals surface area contributed by atoms with Gasteiger partial charge in [-0.05, 0) is 36.8 Å². The van der Waals surface area contributed by atoms with E-state index in [1.165, 1.54) is 6.07 Å². The quantitative estimate of drug-likeness (QED) is 0.884. The van der Waals surface area contributed by atoms with Gasteiger partial charge in [-0.1, -0.05) is 6.07 Å². The number of aliphatic hydroxyl groups is 1. The number of rotatable bonds is 3. The van der Waals surface area contributed by atoms with Crippen LogP contribution in [0.3, 0.4) is 0 Å². The van der Waals surface area contributed by atoms with E-state index in [4.69, 9.17) is 5.11 Å². The summed E-state index contributed by atoms with van der Waals surface area (Å²) in [7, 11) is 0. The summed E-state index contributed by atoms with van der Waals surface area (Å²) < 4.78 is 27.0. The zero-order chi connectivity index (χ0) is 15.2. The second-order valence-electron chi connectivity index (χ2n) is 5.81. The minimum Gasteiger partial charge on any atom is -0.476 e. The molecule has 2 heterocycles. The summed E-state index contributed by atoms with van der Waals surface area (Å²) >= 11 is 0. The second kappa shape index (κ2) is 4.91. The van der Waals surface area contributed by atoms with Crippen LogP contribution in [0.1, 0.15) is 18.5 Å². The Labute approximate surface area is 120 Å². The first-order valence-electron chi connectivity index (χ1n) is 6.89. The molecule has 1 aromatic heterocycles. The van der Waals surface area contributed by atoms with E-state index in [0.29, 0.717) is 30.7 Å². The molecule has 1 aromatic rings. The van der Waals surface area contributed by atoms with Crippen LogP contribution in [-0.4, -0.2) is 40.4 Å². The van der Waals surface area contributed by atoms with Crippen molar-refractivity contribution in [1.29, 1.82) is 0 Å². The highest BCUT2D eigenvalue weighted by molar-refractivity contribution is 5.76. The van der Waals surface area contributed by atoms with Crippen LogP contribution in [0.2, 0.25) is 0 Å². The molecule has 3 atom stereocenters. The first-order valence-corrected chi connectivity index (χ1v) is 6.89. The highest BCUT2D eigenvalue weighted by Crippen LogP contribution is 2.39. The van der Waals surface area contributed by atoms with Crippen LogP contribution in [0.15, 0.2) is 18.2 Å². The average Bonchev–Trinajstić information content (AvgIpc) is 2.95. The third-order valence-corrected chi connectivity index (χ3v) is 4.37. The van der Waals surface area contributed by atoms with Gasteiger partial charge < -0.3 is 15.1 Å². The zero-order valence-corrected chi connectivity index (χ0v) is 11.2. The summed E-state index contributed by atoms with van der Waals surface area (Å²) in [5.74, 6) is -5.11. The number of hydrogen-bond donors (Lipinski definition) is 2. The summed E-state index contributed by atoms with van der Waals surface area (Å²) in [6, 6.07) is 4.04. The van der Waals surface area contributed by atoms with Crippen molar-refractivity contribution in [2.75, 3.05) is 18.0 Å². The summed E-state index contributed by atoms with van der Waals surface area (Å²) in [6.07, 6.45) is 1.19. The Bertz CT molecular complexity index is 553. The van der Waals surface area contributed by atoms with Crippen molar-refractivity contribution in [2.24, 2.45) is 11.8 Å². The van der Waals surface area contributed by atoms with Gasteiger partial charge in [0.1, 0.15) is 11.5 Å². The maximum Gasteiger partial charge on any atom is 0.384 e. The minimum atomic E-state index is -3.98. The van der Waals surface area contributed by atoms with Crippen LogP contribution in [-0.2, 0) is 10.7 Å². The number of aromatic nitrogens is 1. The molecular formula is C14H16F2N2O3. The Balaban J connectivity index is 1.80. The maximum absolute atomic E-state index is 13.5. The lowest BCUT2D eigenvalue weighted by molar-refractivity contribution is -0.166. The first kappa shape index (κ1) is 14.2. The Morgan fingerprint density at radius 1 is 1.29 bits per heavy atom. The summed E-state index contributed by atoms with van der Waals surface area (Å²) in [6.45, 7) is 1.33. The Morgan fingerprint density at radius 3 is 2.48 bits per heavy atom. The molecular weight excluding hydrogens is 282 g/mol. The van der Waals surface area contributed by atoms with Gasteiger partial charge in [0.2, 0.25) is 0 Å². The molecule has 2 fully saturated rings. The minimum absolute atomic E-state index is 0.266. The van der Waals surface area contributed by atoms with E-state index >= 15 is 0 Å². The normalized spacial score (nSPS) is 28.7. The van der Waals surface area contributed by atoms with Gasteiger partial charge in [0.25, 0.3) is 0 Å². The van der Waals surface area contributed by atoms with E-state index in [9.17, 15) is 18.7 Å². The van der Waals surface area contributed by atoms with Gasteiger partial charge in [0.05, 0.1) is 6.10 Å². The largest absolute Gasteiger partial charge is 0.476 e. The predicted octanol–water partition coefficient (Wildman–Crippen LogP) is 1.47. The van der Waals surface area contributed by atoms with E-state index in [2.05, 4.69) is 4.98 Å². The molecule has 0 aromatic carbocycles.